The summed E-state index contributed by atoms with van der Waals surface area (Å²) < 4.78 is 5.32. The molecule has 0 radical (unpaired) electrons. The molecular weight excluding hydrogens is 190 g/mol. The van der Waals surface area contributed by atoms with E-state index in [-0.39, 0.29) is 6.09 Å². The van der Waals surface area contributed by atoms with Gasteiger partial charge in [-0.15, -0.1) is 6.58 Å². The maximum atomic E-state index is 11.7. The summed E-state index contributed by atoms with van der Waals surface area (Å²) in [6.45, 7) is 11.0. The molecule has 1 atom stereocenters. The number of hydrogen-bond donors (Lipinski definition) is 0. The summed E-state index contributed by atoms with van der Waals surface area (Å²) in [5.74, 6) is 0.422. The smallest absolute Gasteiger partial charge is 0.410 e. The number of piperidine rings is 1. The highest BCUT2D eigenvalue weighted by molar-refractivity contribution is 5.68. The number of carbonyl (C=O) groups is 1. The van der Waals surface area contributed by atoms with E-state index in [1.165, 1.54) is 0 Å². The molecule has 15 heavy (non-hydrogen) atoms. The minimum atomic E-state index is -0.405. The van der Waals surface area contributed by atoms with Crippen molar-refractivity contribution in [1.82, 2.24) is 4.90 Å². The Balaban J connectivity index is 2.49. The molecule has 1 amide bonds. The lowest BCUT2D eigenvalue weighted by atomic mass is 9.99. The molecule has 0 aromatic rings. The van der Waals surface area contributed by atoms with Gasteiger partial charge in [-0.3, -0.25) is 0 Å². The maximum absolute atomic E-state index is 11.7. The van der Waals surface area contributed by atoms with E-state index < -0.39 is 5.60 Å². The number of nitrogens with zero attached hydrogens (tertiary/aromatic N) is 1. The average molecular weight is 211 g/mol. The van der Waals surface area contributed by atoms with E-state index in [2.05, 4.69) is 6.58 Å². The number of likely N-dealkylation sites (tertiary alicyclic amines) is 1. The molecule has 0 aromatic carbocycles. The summed E-state index contributed by atoms with van der Waals surface area (Å²) in [7, 11) is 0. The molecule has 86 valence electrons. The molecular formula is C12H21NO2. The summed E-state index contributed by atoms with van der Waals surface area (Å²) in [5.41, 5.74) is -0.405. The third-order valence-corrected chi connectivity index (χ3v) is 2.44. The molecule has 0 bridgehead atoms. The number of amides is 1. The van der Waals surface area contributed by atoms with Crippen LogP contribution < -0.4 is 0 Å². The highest BCUT2D eigenvalue weighted by Crippen LogP contribution is 2.19. The van der Waals surface area contributed by atoms with Crippen molar-refractivity contribution in [2.45, 2.75) is 39.2 Å². The van der Waals surface area contributed by atoms with Gasteiger partial charge in [0.1, 0.15) is 5.60 Å². The van der Waals surface area contributed by atoms with Gasteiger partial charge >= 0.3 is 6.09 Å². The second-order valence-corrected chi connectivity index (χ2v) is 5.06. The van der Waals surface area contributed by atoms with E-state index in [0.29, 0.717) is 5.92 Å². The molecule has 1 aliphatic rings. The minimum Gasteiger partial charge on any atom is -0.444 e. The van der Waals surface area contributed by atoms with Crippen molar-refractivity contribution < 1.29 is 9.53 Å². The van der Waals surface area contributed by atoms with Gasteiger partial charge in [0.25, 0.3) is 0 Å². The SMILES string of the molecule is C=C[C@H]1CCCN(C(=O)OC(C)(C)C)C1. The van der Waals surface area contributed by atoms with Crippen LogP contribution in [0.3, 0.4) is 0 Å². The van der Waals surface area contributed by atoms with Crippen LogP contribution in [0.4, 0.5) is 4.79 Å². The molecule has 1 saturated heterocycles. The Morgan fingerprint density at radius 3 is 2.73 bits per heavy atom. The molecule has 0 saturated carbocycles. The number of carbonyl (C=O) groups excluding carboxylic acids is 1. The highest BCUT2D eigenvalue weighted by atomic mass is 16.6. The maximum Gasteiger partial charge on any atom is 0.410 e. The zero-order valence-electron chi connectivity index (χ0n) is 9.95. The quantitative estimate of drug-likeness (QED) is 0.624. The van der Waals surface area contributed by atoms with E-state index in [9.17, 15) is 4.79 Å². The third-order valence-electron chi connectivity index (χ3n) is 2.44. The summed E-state index contributed by atoms with van der Waals surface area (Å²) in [4.78, 5) is 13.5. The van der Waals surface area contributed by atoms with Gasteiger partial charge in [-0.1, -0.05) is 6.08 Å². The normalized spacial score (nSPS) is 22.3. The summed E-state index contributed by atoms with van der Waals surface area (Å²) in [6.07, 6.45) is 3.89. The minimum absolute atomic E-state index is 0.200. The van der Waals surface area contributed by atoms with E-state index in [1.807, 2.05) is 26.8 Å². The number of hydrogen-bond acceptors (Lipinski definition) is 2. The summed E-state index contributed by atoms with van der Waals surface area (Å²) >= 11 is 0. The van der Waals surface area contributed by atoms with Gasteiger partial charge in [0.2, 0.25) is 0 Å². The lowest BCUT2D eigenvalue weighted by molar-refractivity contribution is 0.0187. The monoisotopic (exact) mass is 211 g/mol. The van der Waals surface area contributed by atoms with E-state index in [4.69, 9.17) is 4.74 Å². The Bertz CT molecular complexity index is 242. The Morgan fingerprint density at radius 2 is 2.20 bits per heavy atom. The zero-order chi connectivity index (χ0) is 11.5. The largest absolute Gasteiger partial charge is 0.444 e. The summed E-state index contributed by atoms with van der Waals surface area (Å²) in [6, 6.07) is 0. The third kappa shape index (κ3) is 3.94. The van der Waals surface area contributed by atoms with Crippen LogP contribution in [0.5, 0.6) is 0 Å². The van der Waals surface area contributed by atoms with E-state index in [1.54, 1.807) is 4.90 Å². The standard InChI is InChI=1S/C12H21NO2/c1-5-10-7-6-8-13(9-10)11(14)15-12(2,3)4/h5,10H,1,6-9H2,2-4H3/t10-/m0/s1. The fourth-order valence-corrected chi connectivity index (χ4v) is 1.69. The van der Waals surface area contributed by atoms with Crippen molar-refractivity contribution in [2.75, 3.05) is 13.1 Å². The van der Waals surface area contributed by atoms with Crippen molar-refractivity contribution in [1.29, 1.82) is 0 Å². The molecule has 1 aliphatic heterocycles. The Hall–Kier alpha value is -0.990. The lowest BCUT2D eigenvalue weighted by Gasteiger charge is -2.32. The average Bonchev–Trinajstić information content (AvgIpc) is 2.15. The number of rotatable bonds is 1. The molecule has 0 spiro atoms. The van der Waals surface area contributed by atoms with Gasteiger partial charge in [0.15, 0.2) is 0 Å². The molecule has 0 aliphatic carbocycles. The lowest BCUT2D eigenvalue weighted by Crippen LogP contribution is -2.42. The topological polar surface area (TPSA) is 29.5 Å². The zero-order valence-corrected chi connectivity index (χ0v) is 9.95. The molecule has 1 fully saturated rings. The first kappa shape index (κ1) is 12.1. The first-order valence-electron chi connectivity index (χ1n) is 5.53. The number of ether oxygens (including phenoxy) is 1. The van der Waals surface area contributed by atoms with Gasteiger partial charge in [0, 0.05) is 13.1 Å². The van der Waals surface area contributed by atoms with Gasteiger partial charge in [0.05, 0.1) is 0 Å². The van der Waals surface area contributed by atoms with Crippen LogP contribution >= 0.6 is 0 Å². The van der Waals surface area contributed by atoms with Crippen molar-refractivity contribution in [3.05, 3.63) is 12.7 Å². The molecule has 3 heteroatoms. The second-order valence-electron chi connectivity index (χ2n) is 5.06. The Labute approximate surface area is 92.1 Å². The fraction of sp³-hybridized carbons (Fsp3) is 0.750. The van der Waals surface area contributed by atoms with Crippen LogP contribution in [-0.2, 0) is 4.74 Å². The van der Waals surface area contributed by atoms with Crippen molar-refractivity contribution in [2.24, 2.45) is 5.92 Å². The molecule has 0 unspecified atom stereocenters. The molecule has 1 rings (SSSR count). The van der Waals surface area contributed by atoms with E-state index >= 15 is 0 Å². The van der Waals surface area contributed by atoms with Crippen LogP contribution in [0.15, 0.2) is 12.7 Å². The van der Waals surface area contributed by atoms with Crippen molar-refractivity contribution >= 4 is 6.09 Å². The van der Waals surface area contributed by atoms with Crippen LogP contribution in [0.25, 0.3) is 0 Å². The van der Waals surface area contributed by atoms with Crippen LogP contribution in [-0.4, -0.2) is 29.7 Å². The van der Waals surface area contributed by atoms with E-state index in [0.717, 1.165) is 25.9 Å². The van der Waals surface area contributed by atoms with Crippen molar-refractivity contribution in [3.8, 4) is 0 Å². The molecule has 3 nitrogen and oxygen atoms in total. The predicted octanol–water partition coefficient (Wildman–Crippen LogP) is 2.82. The molecule has 0 aromatic heterocycles. The summed E-state index contributed by atoms with van der Waals surface area (Å²) in [5, 5.41) is 0. The van der Waals surface area contributed by atoms with Gasteiger partial charge in [-0.25, -0.2) is 4.79 Å². The highest BCUT2D eigenvalue weighted by Gasteiger charge is 2.26. The van der Waals surface area contributed by atoms with Gasteiger partial charge < -0.3 is 9.64 Å². The predicted molar refractivity (Wildman–Crippen MR) is 60.7 cm³/mol. The fourth-order valence-electron chi connectivity index (χ4n) is 1.69. The van der Waals surface area contributed by atoms with Gasteiger partial charge in [-0.05, 0) is 39.5 Å². The first-order valence-corrected chi connectivity index (χ1v) is 5.53. The first-order chi connectivity index (χ1) is 6.92. The molecule has 1 heterocycles. The Kier molecular flexibility index (Phi) is 3.77. The Morgan fingerprint density at radius 1 is 1.53 bits per heavy atom. The second kappa shape index (κ2) is 4.69. The van der Waals surface area contributed by atoms with Crippen LogP contribution in [0, 0.1) is 5.92 Å². The van der Waals surface area contributed by atoms with Crippen LogP contribution in [0.2, 0.25) is 0 Å². The van der Waals surface area contributed by atoms with Crippen molar-refractivity contribution in [3.63, 3.8) is 0 Å². The molecule has 0 N–H and O–H groups in total. The van der Waals surface area contributed by atoms with Crippen LogP contribution in [0.1, 0.15) is 33.6 Å². The van der Waals surface area contributed by atoms with Gasteiger partial charge in [-0.2, -0.15) is 0 Å².